The molecule has 1 N–H and O–H groups in total. The minimum Gasteiger partial charge on any atom is -0.545 e. The van der Waals surface area contributed by atoms with Gasteiger partial charge in [-0.15, -0.1) is 0 Å². The molecule has 138 valence electrons. The zero-order valence-electron chi connectivity index (χ0n) is 15.2. The summed E-state index contributed by atoms with van der Waals surface area (Å²) in [6.07, 6.45) is 6.26. The van der Waals surface area contributed by atoms with Gasteiger partial charge in [0.15, 0.2) is 0 Å². The van der Waals surface area contributed by atoms with Gasteiger partial charge in [-0.1, -0.05) is 78.9 Å². The van der Waals surface area contributed by atoms with Crippen LogP contribution in [0.4, 0.5) is 5.69 Å². The van der Waals surface area contributed by atoms with E-state index < -0.39 is 5.97 Å². The Morgan fingerprint density at radius 2 is 1.50 bits per heavy atom. The van der Waals surface area contributed by atoms with Gasteiger partial charge in [0.1, 0.15) is 0 Å². The number of nitrogens with one attached hydrogen (secondary N) is 1. The highest BCUT2D eigenvalue weighted by atomic mass is 16.4. The van der Waals surface area contributed by atoms with Gasteiger partial charge in [-0.05, 0) is 41.0 Å². The lowest BCUT2D eigenvalue weighted by Crippen LogP contribution is -2.34. The average molecular weight is 367 g/mol. The molecule has 1 heterocycles. The van der Waals surface area contributed by atoms with Crippen molar-refractivity contribution in [3.8, 4) is 0 Å². The number of allylic oxidation sites excluding steroid dienone is 1. The number of anilines is 1. The third-order valence-electron chi connectivity index (χ3n) is 4.64. The van der Waals surface area contributed by atoms with E-state index in [4.69, 9.17) is 0 Å². The first-order chi connectivity index (χ1) is 13.7. The van der Waals surface area contributed by atoms with Crippen molar-refractivity contribution >= 4 is 17.7 Å². The maximum Gasteiger partial charge on any atom is 0.0958 e. The Hall–Kier alpha value is -3.79. The SMILES string of the molecule is O=C([O-])c1ccc(N2NC(/C=C/c3ccccc3)=C[C@@H]2c2ccccc2)cc1. The standard InChI is InChI=1S/C24H20N2O2/c27-24(28)20-12-15-22(16-13-20)26-23(19-9-5-2-6-10-19)17-21(25-26)14-11-18-7-3-1-4-8-18/h1-17,23,25H,(H,27,28)/p-1/b14-11+/t23-/m1/s1. The maximum absolute atomic E-state index is 11.0. The Morgan fingerprint density at radius 3 is 2.14 bits per heavy atom. The molecule has 0 spiro atoms. The Labute approximate surface area is 164 Å². The normalized spacial score (nSPS) is 16.1. The largest absolute Gasteiger partial charge is 0.545 e. The zero-order chi connectivity index (χ0) is 19.3. The lowest BCUT2D eigenvalue weighted by atomic mass is 10.1. The minimum atomic E-state index is -1.18. The first kappa shape index (κ1) is 17.6. The number of benzene rings is 3. The molecule has 0 aromatic heterocycles. The van der Waals surface area contributed by atoms with E-state index in [-0.39, 0.29) is 11.6 Å². The van der Waals surface area contributed by atoms with Crippen LogP contribution in [0.1, 0.15) is 27.5 Å². The minimum absolute atomic E-state index is 0.00886. The molecule has 28 heavy (non-hydrogen) atoms. The molecule has 4 rings (SSSR count). The van der Waals surface area contributed by atoms with Crippen molar-refractivity contribution in [2.45, 2.75) is 6.04 Å². The predicted molar refractivity (Wildman–Crippen MR) is 109 cm³/mol. The molecule has 0 fully saturated rings. The Balaban J connectivity index is 1.64. The molecule has 0 saturated carbocycles. The quantitative estimate of drug-likeness (QED) is 0.747. The first-order valence-electron chi connectivity index (χ1n) is 9.08. The highest BCUT2D eigenvalue weighted by Crippen LogP contribution is 2.32. The van der Waals surface area contributed by atoms with E-state index in [1.54, 1.807) is 24.3 Å². The average Bonchev–Trinajstić information content (AvgIpc) is 3.18. The first-order valence-corrected chi connectivity index (χ1v) is 9.08. The van der Waals surface area contributed by atoms with E-state index in [0.29, 0.717) is 0 Å². The number of hydrazine groups is 1. The molecule has 4 heteroatoms. The van der Waals surface area contributed by atoms with E-state index in [0.717, 1.165) is 22.5 Å². The van der Waals surface area contributed by atoms with Crippen LogP contribution in [0.3, 0.4) is 0 Å². The van der Waals surface area contributed by atoms with Gasteiger partial charge >= 0.3 is 0 Å². The molecule has 4 nitrogen and oxygen atoms in total. The molecule has 0 radical (unpaired) electrons. The molecule has 0 amide bonds. The highest BCUT2D eigenvalue weighted by Gasteiger charge is 2.25. The summed E-state index contributed by atoms with van der Waals surface area (Å²) in [5.41, 5.74) is 7.69. The Bertz CT molecular complexity index is 1010. The topological polar surface area (TPSA) is 55.4 Å². The van der Waals surface area contributed by atoms with Crippen LogP contribution in [0.2, 0.25) is 0 Å². The number of carbonyl (C=O) groups excluding carboxylic acids is 1. The van der Waals surface area contributed by atoms with Crippen LogP contribution in [-0.4, -0.2) is 5.97 Å². The molecule has 0 unspecified atom stereocenters. The number of carbonyl (C=O) groups is 1. The van der Waals surface area contributed by atoms with Gasteiger partial charge in [-0.2, -0.15) is 0 Å². The summed E-state index contributed by atoms with van der Waals surface area (Å²) >= 11 is 0. The summed E-state index contributed by atoms with van der Waals surface area (Å²) < 4.78 is 0. The number of rotatable bonds is 5. The number of hydrogen-bond donors (Lipinski definition) is 1. The van der Waals surface area contributed by atoms with Gasteiger partial charge in [0, 0.05) is 0 Å². The van der Waals surface area contributed by atoms with Crippen LogP contribution >= 0.6 is 0 Å². The molecule has 3 aromatic rings. The van der Waals surface area contributed by atoms with E-state index in [1.165, 1.54) is 0 Å². The van der Waals surface area contributed by atoms with E-state index in [9.17, 15) is 9.90 Å². The summed E-state index contributed by atoms with van der Waals surface area (Å²) in [6, 6.07) is 27.0. The molecule has 0 aliphatic carbocycles. The van der Waals surface area contributed by atoms with E-state index in [2.05, 4.69) is 41.8 Å². The van der Waals surface area contributed by atoms with E-state index >= 15 is 0 Å². The molecule has 3 aromatic carbocycles. The summed E-state index contributed by atoms with van der Waals surface area (Å²) in [5.74, 6) is -1.18. The highest BCUT2D eigenvalue weighted by molar-refractivity contribution is 5.86. The van der Waals surface area contributed by atoms with Crippen molar-refractivity contribution in [2.75, 3.05) is 5.01 Å². The molecular weight excluding hydrogens is 348 g/mol. The maximum atomic E-state index is 11.0. The van der Waals surface area contributed by atoms with Gasteiger partial charge < -0.3 is 9.90 Å². The summed E-state index contributed by atoms with van der Waals surface area (Å²) in [5, 5.41) is 13.1. The van der Waals surface area contributed by atoms with Gasteiger partial charge in [-0.3, -0.25) is 10.4 Å². The number of carboxylic acid groups (broad SMARTS) is 1. The van der Waals surface area contributed by atoms with Crippen molar-refractivity contribution in [3.63, 3.8) is 0 Å². The van der Waals surface area contributed by atoms with Crippen LogP contribution in [0, 0.1) is 0 Å². The predicted octanol–water partition coefficient (Wildman–Crippen LogP) is 3.71. The third-order valence-corrected chi connectivity index (χ3v) is 4.64. The van der Waals surface area contributed by atoms with Gasteiger partial charge in [-0.25, -0.2) is 0 Å². The fourth-order valence-electron chi connectivity index (χ4n) is 3.21. The number of carboxylic acids is 1. The van der Waals surface area contributed by atoms with Gasteiger partial charge in [0.05, 0.1) is 23.4 Å². The molecule has 0 bridgehead atoms. The summed E-state index contributed by atoms with van der Waals surface area (Å²) in [6.45, 7) is 0. The fraction of sp³-hybridized carbons (Fsp3) is 0.0417. The molecule has 0 saturated heterocycles. The van der Waals surface area contributed by atoms with Crippen LogP contribution < -0.4 is 15.5 Å². The van der Waals surface area contributed by atoms with E-state index in [1.807, 2.05) is 47.5 Å². The second kappa shape index (κ2) is 7.84. The number of nitrogens with zero attached hydrogens (tertiary/aromatic N) is 1. The molecule has 1 aliphatic heterocycles. The zero-order valence-corrected chi connectivity index (χ0v) is 15.2. The smallest absolute Gasteiger partial charge is 0.0958 e. The second-order valence-electron chi connectivity index (χ2n) is 6.54. The lowest BCUT2D eigenvalue weighted by Gasteiger charge is -2.27. The van der Waals surface area contributed by atoms with Crippen molar-refractivity contribution in [2.24, 2.45) is 0 Å². The second-order valence-corrected chi connectivity index (χ2v) is 6.54. The van der Waals surface area contributed by atoms with Crippen molar-refractivity contribution in [3.05, 3.63) is 119 Å². The third kappa shape index (κ3) is 3.81. The monoisotopic (exact) mass is 367 g/mol. The van der Waals surface area contributed by atoms with Gasteiger partial charge in [0.25, 0.3) is 0 Å². The van der Waals surface area contributed by atoms with Crippen LogP contribution in [0.15, 0.2) is 103 Å². The molecule has 1 atom stereocenters. The van der Waals surface area contributed by atoms with Crippen LogP contribution in [-0.2, 0) is 0 Å². The van der Waals surface area contributed by atoms with Crippen molar-refractivity contribution in [1.82, 2.24) is 5.43 Å². The van der Waals surface area contributed by atoms with Crippen molar-refractivity contribution in [1.29, 1.82) is 0 Å². The number of aromatic carboxylic acids is 1. The Morgan fingerprint density at radius 1 is 0.857 bits per heavy atom. The van der Waals surface area contributed by atoms with Gasteiger partial charge in [0.2, 0.25) is 0 Å². The molecule has 1 aliphatic rings. The summed E-state index contributed by atoms with van der Waals surface area (Å²) in [7, 11) is 0. The number of hydrogen-bond acceptors (Lipinski definition) is 4. The lowest BCUT2D eigenvalue weighted by molar-refractivity contribution is -0.255. The summed E-state index contributed by atoms with van der Waals surface area (Å²) in [4.78, 5) is 11.0. The van der Waals surface area contributed by atoms with Crippen molar-refractivity contribution < 1.29 is 9.90 Å². The fourth-order valence-corrected chi connectivity index (χ4v) is 3.21. The van der Waals surface area contributed by atoms with Crippen LogP contribution in [0.25, 0.3) is 6.08 Å². The Kier molecular flexibility index (Phi) is 4.93. The van der Waals surface area contributed by atoms with Crippen LogP contribution in [0.5, 0.6) is 0 Å². The molecular formula is C24H19N2O2-.